The molecule has 0 aliphatic carbocycles. The van der Waals surface area contributed by atoms with E-state index >= 15 is 0 Å². The molecule has 1 aromatic heterocycles. The molecule has 1 aromatic carbocycles. The number of aromatic nitrogens is 2. The number of amides is 1. The first-order chi connectivity index (χ1) is 12.2. The first-order valence-corrected chi connectivity index (χ1v) is 8.76. The zero-order valence-electron chi connectivity index (χ0n) is 15.7. The number of piperazine rings is 1. The molecule has 1 fully saturated rings. The van der Waals surface area contributed by atoms with Crippen LogP contribution in [0.3, 0.4) is 0 Å². The van der Waals surface area contributed by atoms with Crippen molar-refractivity contribution in [3.8, 4) is 11.3 Å². The fourth-order valence-corrected chi connectivity index (χ4v) is 2.96. The SMILES string of the molecule is Cn1nc(-c2ccc(F)cc2)cc1N1CCN(C(=O)OC(C)(C)C)CC1. The first-order valence-electron chi connectivity index (χ1n) is 8.76. The highest BCUT2D eigenvalue weighted by Crippen LogP contribution is 2.25. The fraction of sp³-hybridized carbons (Fsp3) is 0.474. The molecule has 0 saturated carbocycles. The molecule has 0 atom stereocenters. The van der Waals surface area contributed by atoms with Gasteiger partial charge in [0.05, 0.1) is 5.69 Å². The van der Waals surface area contributed by atoms with Crippen LogP contribution in [0.1, 0.15) is 20.8 Å². The van der Waals surface area contributed by atoms with Crippen LogP contribution in [0.2, 0.25) is 0 Å². The third-order valence-corrected chi connectivity index (χ3v) is 4.25. The molecule has 0 spiro atoms. The predicted molar refractivity (Wildman–Crippen MR) is 98.6 cm³/mol. The summed E-state index contributed by atoms with van der Waals surface area (Å²) in [6.07, 6.45) is -0.269. The van der Waals surface area contributed by atoms with Crippen molar-refractivity contribution < 1.29 is 13.9 Å². The van der Waals surface area contributed by atoms with Crippen LogP contribution in [0.25, 0.3) is 11.3 Å². The summed E-state index contributed by atoms with van der Waals surface area (Å²) in [5.74, 6) is 0.719. The van der Waals surface area contributed by atoms with Crippen molar-refractivity contribution in [3.05, 3.63) is 36.1 Å². The van der Waals surface area contributed by atoms with Crippen LogP contribution in [-0.4, -0.2) is 52.6 Å². The maximum absolute atomic E-state index is 13.1. The normalized spacial score (nSPS) is 15.3. The molecule has 3 rings (SSSR count). The minimum absolute atomic E-state index is 0.261. The Morgan fingerprint density at radius 2 is 1.73 bits per heavy atom. The van der Waals surface area contributed by atoms with Gasteiger partial charge >= 0.3 is 6.09 Å². The van der Waals surface area contributed by atoms with Gasteiger partial charge in [0.1, 0.15) is 17.2 Å². The molecule has 6 nitrogen and oxygen atoms in total. The van der Waals surface area contributed by atoms with E-state index in [1.165, 1.54) is 12.1 Å². The van der Waals surface area contributed by atoms with E-state index in [0.717, 1.165) is 17.1 Å². The van der Waals surface area contributed by atoms with Crippen molar-refractivity contribution in [2.45, 2.75) is 26.4 Å². The quantitative estimate of drug-likeness (QED) is 0.825. The van der Waals surface area contributed by atoms with Gasteiger partial charge in [0.2, 0.25) is 0 Å². The molecule has 0 unspecified atom stereocenters. The number of ether oxygens (including phenoxy) is 1. The third-order valence-electron chi connectivity index (χ3n) is 4.25. The van der Waals surface area contributed by atoms with Gasteiger partial charge in [-0.05, 0) is 45.0 Å². The summed E-state index contributed by atoms with van der Waals surface area (Å²) < 4.78 is 20.4. The molecule has 7 heteroatoms. The number of aryl methyl sites for hydroxylation is 1. The number of rotatable bonds is 2. The van der Waals surface area contributed by atoms with Crippen molar-refractivity contribution in [3.63, 3.8) is 0 Å². The Morgan fingerprint density at radius 1 is 1.12 bits per heavy atom. The van der Waals surface area contributed by atoms with Gasteiger partial charge in [-0.25, -0.2) is 9.18 Å². The van der Waals surface area contributed by atoms with E-state index in [-0.39, 0.29) is 11.9 Å². The molecular formula is C19H25FN4O2. The fourth-order valence-electron chi connectivity index (χ4n) is 2.96. The summed E-state index contributed by atoms with van der Waals surface area (Å²) >= 11 is 0. The van der Waals surface area contributed by atoms with Gasteiger partial charge in [-0.15, -0.1) is 0 Å². The second-order valence-electron chi connectivity index (χ2n) is 7.47. The second-order valence-corrected chi connectivity index (χ2v) is 7.47. The standard InChI is InChI=1S/C19H25FN4O2/c1-19(2,3)26-18(25)24-11-9-23(10-12-24)17-13-16(21-22(17)4)14-5-7-15(20)8-6-14/h5-8,13H,9-12H2,1-4H3. The molecule has 2 heterocycles. The van der Waals surface area contributed by atoms with Gasteiger partial charge in [-0.1, -0.05) is 0 Å². The summed E-state index contributed by atoms with van der Waals surface area (Å²) in [7, 11) is 1.89. The Kier molecular flexibility index (Phi) is 4.89. The molecule has 0 N–H and O–H groups in total. The summed E-state index contributed by atoms with van der Waals surface area (Å²) in [6, 6.07) is 8.31. The Morgan fingerprint density at radius 3 is 2.31 bits per heavy atom. The number of benzene rings is 1. The van der Waals surface area contributed by atoms with E-state index in [9.17, 15) is 9.18 Å². The molecule has 26 heavy (non-hydrogen) atoms. The van der Waals surface area contributed by atoms with E-state index in [1.54, 1.807) is 17.0 Å². The van der Waals surface area contributed by atoms with Crippen molar-refractivity contribution in [2.24, 2.45) is 7.05 Å². The number of hydrogen-bond acceptors (Lipinski definition) is 4. The van der Waals surface area contributed by atoms with E-state index in [0.29, 0.717) is 26.2 Å². The molecule has 1 amide bonds. The number of hydrogen-bond donors (Lipinski definition) is 0. The van der Waals surface area contributed by atoms with Crippen LogP contribution in [0.4, 0.5) is 15.0 Å². The van der Waals surface area contributed by atoms with Crippen molar-refractivity contribution in [2.75, 3.05) is 31.1 Å². The molecule has 1 aliphatic rings. The van der Waals surface area contributed by atoms with E-state index in [4.69, 9.17) is 4.74 Å². The summed E-state index contributed by atoms with van der Waals surface area (Å²) in [5.41, 5.74) is 1.19. The molecule has 0 radical (unpaired) electrons. The number of carbonyl (C=O) groups is 1. The Labute approximate surface area is 153 Å². The molecule has 0 bridgehead atoms. The Balaban J connectivity index is 1.66. The van der Waals surface area contributed by atoms with E-state index < -0.39 is 5.60 Å². The number of halogens is 1. The molecule has 140 valence electrons. The molecular weight excluding hydrogens is 335 g/mol. The van der Waals surface area contributed by atoms with Crippen LogP contribution in [0, 0.1) is 5.82 Å². The van der Waals surface area contributed by atoms with Crippen molar-refractivity contribution in [1.82, 2.24) is 14.7 Å². The van der Waals surface area contributed by atoms with Gasteiger partial charge in [0.25, 0.3) is 0 Å². The zero-order chi connectivity index (χ0) is 18.9. The van der Waals surface area contributed by atoms with E-state index in [1.807, 2.05) is 38.6 Å². The molecule has 2 aromatic rings. The van der Waals surface area contributed by atoms with Crippen LogP contribution in [-0.2, 0) is 11.8 Å². The van der Waals surface area contributed by atoms with Gasteiger partial charge in [-0.3, -0.25) is 4.68 Å². The number of nitrogens with zero attached hydrogens (tertiary/aromatic N) is 4. The highest BCUT2D eigenvalue weighted by atomic mass is 19.1. The second kappa shape index (κ2) is 6.97. The lowest BCUT2D eigenvalue weighted by atomic mass is 10.1. The van der Waals surface area contributed by atoms with E-state index in [2.05, 4.69) is 10.00 Å². The topological polar surface area (TPSA) is 50.6 Å². The predicted octanol–water partition coefficient (Wildman–Crippen LogP) is 3.28. The summed E-state index contributed by atoms with van der Waals surface area (Å²) in [6.45, 7) is 8.23. The maximum Gasteiger partial charge on any atom is 0.410 e. The van der Waals surface area contributed by atoms with Crippen LogP contribution in [0.5, 0.6) is 0 Å². The summed E-state index contributed by atoms with van der Waals surface area (Å²) in [4.78, 5) is 16.1. The summed E-state index contributed by atoms with van der Waals surface area (Å²) in [5, 5.41) is 4.54. The highest BCUT2D eigenvalue weighted by Gasteiger charge is 2.27. The monoisotopic (exact) mass is 360 g/mol. The van der Waals surface area contributed by atoms with Gasteiger partial charge < -0.3 is 14.5 Å². The van der Waals surface area contributed by atoms with Crippen LogP contribution >= 0.6 is 0 Å². The zero-order valence-corrected chi connectivity index (χ0v) is 15.7. The van der Waals surface area contributed by atoms with Gasteiger partial charge in [-0.2, -0.15) is 5.10 Å². The lowest BCUT2D eigenvalue weighted by Gasteiger charge is -2.36. The van der Waals surface area contributed by atoms with Crippen molar-refractivity contribution in [1.29, 1.82) is 0 Å². The number of anilines is 1. The molecule has 1 aliphatic heterocycles. The Hall–Kier alpha value is -2.57. The van der Waals surface area contributed by atoms with Crippen LogP contribution < -0.4 is 4.90 Å². The highest BCUT2D eigenvalue weighted by molar-refractivity contribution is 5.69. The average molecular weight is 360 g/mol. The largest absolute Gasteiger partial charge is 0.444 e. The lowest BCUT2D eigenvalue weighted by molar-refractivity contribution is 0.0240. The van der Waals surface area contributed by atoms with Crippen LogP contribution in [0.15, 0.2) is 30.3 Å². The first kappa shape index (κ1) is 18.2. The van der Waals surface area contributed by atoms with Crippen molar-refractivity contribution >= 4 is 11.9 Å². The minimum Gasteiger partial charge on any atom is -0.444 e. The van der Waals surface area contributed by atoms with Gasteiger partial charge in [0.15, 0.2) is 0 Å². The maximum atomic E-state index is 13.1. The minimum atomic E-state index is -0.486. The number of carbonyl (C=O) groups excluding carboxylic acids is 1. The third kappa shape index (κ3) is 4.15. The van der Waals surface area contributed by atoms with Gasteiger partial charge in [0, 0.05) is 44.9 Å². The average Bonchev–Trinajstić information content (AvgIpc) is 2.96. The lowest BCUT2D eigenvalue weighted by Crippen LogP contribution is -2.50. The smallest absolute Gasteiger partial charge is 0.410 e. The molecule has 1 saturated heterocycles. The Bertz CT molecular complexity index is 772.